The van der Waals surface area contributed by atoms with Crippen LogP contribution < -0.4 is 5.32 Å². The van der Waals surface area contributed by atoms with Gasteiger partial charge in [-0.2, -0.15) is 10.1 Å². The molecule has 0 aliphatic carbocycles. The quantitative estimate of drug-likeness (QED) is 0.687. The van der Waals surface area contributed by atoms with Crippen molar-refractivity contribution < 1.29 is 4.79 Å². The number of anilines is 1. The Morgan fingerprint density at radius 2 is 2.05 bits per heavy atom. The minimum Gasteiger partial charge on any atom is -0.288 e. The van der Waals surface area contributed by atoms with E-state index in [1.165, 1.54) is 6.20 Å². The number of carbonyl (C=O) groups is 1. The van der Waals surface area contributed by atoms with Gasteiger partial charge in [0.1, 0.15) is 5.69 Å². The molecule has 1 amide bonds. The molecular weight excluding hydrogens is 280 g/mol. The van der Waals surface area contributed by atoms with Crippen molar-refractivity contribution >= 4 is 23.5 Å². The number of benzene rings is 1. The molecule has 0 aliphatic rings. The molecular formula is C12H9ClN6O. The molecule has 3 rings (SSSR count). The molecule has 0 aliphatic heterocycles. The number of hydrogen-bond acceptors (Lipinski definition) is 4. The molecule has 8 heteroatoms. The van der Waals surface area contributed by atoms with Crippen molar-refractivity contribution in [2.45, 2.75) is 0 Å². The van der Waals surface area contributed by atoms with Crippen LogP contribution in [0.2, 0.25) is 5.02 Å². The van der Waals surface area contributed by atoms with Gasteiger partial charge in [0.15, 0.2) is 5.82 Å². The highest BCUT2D eigenvalue weighted by Gasteiger charge is 2.12. The Morgan fingerprint density at radius 3 is 2.80 bits per heavy atom. The van der Waals surface area contributed by atoms with Gasteiger partial charge in [0.05, 0.1) is 5.02 Å². The lowest BCUT2D eigenvalue weighted by Gasteiger charge is -1.98. The zero-order valence-electron chi connectivity index (χ0n) is 10.1. The number of nitrogens with zero attached hydrogens (tertiary/aromatic N) is 3. The van der Waals surface area contributed by atoms with Gasteiger partial charge in [0.25, 0.3) is 5.91 Å². The third-order valence-corrected chi connectivity index (χ3v) is 2.91. The van der Waals surface area contributed by atoms with Gasteiger partial charge >= 0.3 is 0 Å². The van der Waals surface area contributed by atoms with Crippen LogP contribution in [-0.4, -0.2) is 31.3 Å². The number of aromatic amines is 2. The summed E-state index contributed by atoms with van der Waals surface area (Å²) in [7, 11) is 0. The Bertz CT molecular complexity index is 736. The second-order valence-corrected chi connectivity index (χ2v) is 4.32. The Balaban J connectivity index is 1.81. The van der Waals surface area contributed by atoms with Crippen molar-refractivity contribution in [3.63, 3.8) is 0 Å². The zero-order chi connectivity index (χ0) is 13.9. The highest BCUT2D eigenvalue weighted by Crippen LogP contribution is 2.24. The number of aromatic nitrogens is 5. The van der Waals surface area contributed by atoms with E-state index in [4.69, 9.17) is 11.6 Å². The Labute approximate surface area is 118 Å². The largest absolute Gasteiger partial charge is 0.288 e. The van der Waals surface area contributed by atoms with Crippen LogP contribution in [0.3, 0.4) is 0 Å². The van der Waals surface area contributed by atoms with E-state index < -0.39 is 0 Å². The summed E-state index contributed by atoms with van der Waals surface area (Å²) in [5, 5.41) is 16.0. The van der Waals surface area contributed by atoms with Gasteiger partial charge in [0.2, 0.25) is 5.95 Å². The summed E-state index contributed by atoms with van der Waals surface area (Å²) in [5.74, 6) is 0.280. The standard InChI is InChI=1S/C12H9ClN6O/c13-8-4-2-1-3-7(8)10-15-12(19-18-10)16-11(20)9-5-6-14-17-9/h1-6H,(H,14,17)(H2,15,16,18,19,20). The van der Waals surface area contributed by atoms with E-state index >= 15 is 0 Å². The van der Waals surface area contributed by atoms with Gasteiger partial charge < -0.3 is 0 Å². The molecule has 7 nitrogen and oxygen atoms in total. The summed E-state index contributed by atoms with van der Waals surface area (Å²) < 4.78 is 0. The van der Waals surface area contributed by atoms with Crippen molar-refractivity contribution in [1.82, 2.24) is 25.4 Å². The number of halogens is 1. The van der Waals surface area contributed by atoms with E-state index in [1.54, 1.807) is 12.1 Å². The summed E-state index contributed by atoms with van der Waals surface area (Å²) in [6, 6.07) is 8.78. The average Bonchev–Trinajstić information content (AvgIpc) is 3.10. The molecule has 1 aromatic carbocycles. The first-order chi connectivity index (χ1) is 9.74. The number of H-pyrrole nitrogens is 2. The molecule has 0 spiro atoms. The van der Waals surface area contributed by atoms with Crippen molar-refractivity contribution in [1.29, 1.82) is 0 Å². The molecule has 0 saturated carbocycles. The maximum Gasteiger partial charge on any atom is 0.276 e. The lowest BCUT2D eigenvalue weighted by atomic mass is 10.2. The maximum atomic E-state index is 11.8. The number of carbonyl (C=O) groups excluding carboxylic acids is 1. The topological polar surface area (TPSA) is 99.3 Å². The highest BCUT2D eigenvalue weighted by atomic mass is 35.5. The van der Waals surface area contributed by atoms with Crippen LogP contribution in [0.15, 0.2) is 36.5 Å². The van der Waals surface area contributed by atoms with Crippen LogP contribution in [0.5, 0.6) is 0 Å². The smallest absolute Gasteiger partial charge is 0.276 e. The monoisotopic (exact) mass is 288 g/mol. The third kappa shape index (κ3) is 2.39. The fourth-order valence-electron chi connectivity index (χ4n) is 1.64. The van der Waals surface area contributed by atoms with E-state index in [2.05, 4.69) is 30.7 Å². The number of rotatable bonds is 3. The zero-order valence-corrected chi connectivity index (χ0v) is 10.8. The summed E-state index contributed by atoms with van der Waals surface area (Å²) in [5.41, 5.74) is 1.04. The second-order valence-electron chi connectivity index (χ2n) is 3.91. The maximum absolute atomic E-state index is 11.8. The van der Waals surface area contributed by atoms with Crippen LogP contribution in [0, 0.1) is 0 Å². The number of hydrogen-bond donors (Lipinski definition) is 3. The molecule has 0 bridgehead atoms. The Morgan fingerprint density at radius 1 is 1.20 bits per heavy atom. The minimum atomic E-state index is -0.368. The Kier molecular flexibility index (Phi) is 3.18. The summed E-state index contributed by atoms with van der Waals surface area (Å²) in [4.78, 5) is 16.0. The van der Waals surface area contributed by atoms with Crippen molar-refractivity contribution in [3.8, 4) is 11.4 Å². The molecule has 2 heterocycles. The molecule has 0 saturated heterocycles. The van der Waals surface area contributed by atoms with Gasteiger partial charge in [-0.3, -0.25) is 20.3 Å². The number of nitrogens with one attached hydrogen (secondary N) is 3. The van der Waals surface area contributed by atoms with E-state index in [1.807, 2.05) is 18.2 Å². The first kappa shape index (κ1) is 12.4. The second kappa shape index (κ2) is 5.14. The van der Waals surface area contributed by atoms with Crippen LogP contribution in [0.4, 0.5) is 5.95 Å². The van der Waals surface area contributed by atoms with Crippen LogP contribution >= 0.6 is 11.6 Å². The molecule has 3 aromatic rings. The van der Waals surface area contributed by atoms with Gasteiger partial charge in [-0.15, -0.1) is 5.10 Å². The molecule has 20 heavy (non-hydrogen) atoms. The normalized spacial score (nSPS) is 10.4. The van der Waals surface area contributed by atoms with Gasteiger partial charge in [-0.1, -0.05) is 23.7 Å². The molecule has 0 fully saturated rings. The van der Waals surface area contributed by atoms with Gasteiger partial charge in [-0.05, 0) is 18.2 Å². The minimum absolute atomic E-state index is 0.166. The molecule has 100 valence electrons. The predicted octanol–water partition coefficient (Wildman–Crippen LogP) is 2.10. The van der Waals surface area contributed by atoms with E-state index in [0.717, 1.165) is 0 Å². The predicted molar refractivity (Wildman–Crippen MR) is 73.4 cm³/mol. The SMILES string of the molecule is O=C(Nc1n[nH]c(-c2ccccc2Cl)n1)c1ccn[nH]1. The Hall–Kier alpha value is -2.67. The summed E-state index contributed by atoms with van der Waals surface area (Å²) >= 11 is 6.07. The lowest BCUT2D eigenvalue weighted by Crippen LogP contribution is -2.13. The van der Waals surface area contributed by atoms with Crippen LogP contribution in [0.25, 0.3) is 11.4 Å². The highest BCUT2D eigenvalue weighted by molar-refractivity contribution is 6.33. The van der Waals surface area contributed by atoms with E-state index in [0.29, 0.717) is 22.1 Å². The summed E-state index contributed by atoms with van der Waals surface area (Å²) in [6.45, 7) is 0. The van der Waals surface area contributed by atoms with E-state index in [-0.39, 0.29) is 11.9 Å². The fourth-order valence-corrected chi connectivity index (χ4v) is 1.87. The first-order valence-electron chi connectivity index (χ1n) is 5.72. The lowest BCUT2D eigenvalue weighted by molar-refractivity contribution is 0.102. The number of amides is 1. The molecule has 0 unspecified atom stereocenters. The third-order valence-electron chi connectivity index (χ3n) is 2.59. The molecule has 0 atom stereocenters. The van der Waals surface area contributed by atoms with Gasteiger partial charge in [-0.25, -0.2) is 0 Å². The molecule has 0 radical (unpaired) electrons. The van der Waals surface area contributed by atoms with Crippen molar-refractivity contribution in [2.75, 3.05) is 5.32 Å². The molecule has 2 aromatic heterocycles. The van der Waals surface area contributed by atoms with Crippen LogP contribution in [-0.2, 0) is 0 Å². The summed E-state index contributed by atoms with van der Waals surface area (Å²) in [6.07, 6.45) is 1.49. The van der Waals surface area contributed by atoms with Crippen molar-refractivity contribution in [3.05, 3.63) is 47.2 Å². The average molecular weight is 289 g/mol. The first-order valence-corrected chi connectivity index (χ1v) is 6.10. The fraction of sp³-hybridized carbons (Fsp3) is 0. The molecule has 3 N–H and O–H groups in total. The van der Waals surface area contributed by atoms with Gasteiger partial charge in [0, 0.05) is 11.8 Å². The van der Waals surface area contributed by atoms with Crippen molar-refractivity contribution in [2.24, 2.45) is 0 Å². The van der Waals surface area contributed by atoms with Crippen LogP contribution in [0.1, 0.15) is 10.5 Å². The van der Waals surface area contributed by atoms with E-state index in [9.17, 15) is 4.79 Å².